The molecule has 0 unspecified atom stereocenters. The number of hydrogen-bond acceptors (Lipinski definition) is 2. The molecule has 0 aliphatic heterocycles. The average Bonchev–Trinajstić information content (AvgIpc) is 2.57. The molecule has 0 spiro atoms. The van der Waals surface area contributed by atoms with Gasteiger partial charge in [0.05, 0.1) is 0 Å². The number of rotatable bonds is 7. The predicted molar refractivity (Wildman–Crippen MR) is 94.1 cm³/mol. The van der Waals surface area contributed by atoms with E-state index in [1.54, 1.807) is 0 Å². The Bertz CT molecular complexity index is 697. The molecule has 0 amide bonds. The molecule has 0 radical (unpaired) electrons. The van der Waals surface area contributed by atoms with Crippen LogP contribution in [-0.2, 0) is 6.54 Å². The zero-order chi connectivity index (χ0) is 15.2. The van der Waals surface area contributed by atoms with Crippen molar-refractivity contribution in [2.75, 3.05) is 13.2 Å². The summed E-state index contributed by atoms with van der Waals surface area (Å²) in [7, 11) is 0. The molecular formula is C20H23NO. The zero-order valence-electron chi connectivity index (χ0n) is 12.9. The minimum atomic E-state index is 0.300. The summed E-state index contributed by atoms with van der Waals surface area (Å²) in [6.07, 6.45) is 3.10. The van der Waals surface area contributed by atoms with E-state index in [9.17, 15) is 0 Å². The molecule has 0 atom stereocenters. The Balaban J connectivity index is 1.85. The van der Waals surface area contributed by atoms with E-state index in [0.29, 0.717) is 6.61 Å². The molecule has 2 nitrogen and oxygen atoms in total. The standard InChI is InChI=1S/C20H23NO/c22-13-7-1-6-12-21-15-20-18-10-4-2-8-16(18)14-17-9-3-5-11-19(17)20/h2-5,8-11,14,21-22H,1,6-7,12-13,15H2. The summed E-state index contributed by atoms with van der Waals surface area (Å²) in [6, 6.07) is 19.5. The Morgan fingerprint density at radius 1 is 0.773 bits per heavy atom. The van der Waals surface area contributed by atoms with E-state index in [2.05, 4.69) is 59.9 Å². The highest BCUT2D eigenvalue weighted by molar-refractivity contribution is 6.02. The van der Waals surface area contributed by atoms with E-state index in [-0.39, 0.29) is 0 Å². The Morgan fingerprint density at radius 2 is 1.41 bits per heavy atom. The SMILES string of the molecule is OCCCCCNCc1c2ccccc2cc2ccccc12. The van der Waals surface area contributed by atoms with Crippen LogP contribution in [-0.4, -0.2) is 18.3 Å². The van der Waals surface area contributed by atoms with Crippen molar-refractivity contribution in [2.24, 2.45) is 0 Å². The van der Waals surface area contributed by atoms with Crippen LogP contribution in [0.25, 0.3) is 21.5 Å². The van der Waals surface area contributed by atoms with Crippen LogP contribution in [0.2, 0.25) is 0 Å². The maximum Gasteiger partial charge on any atom is 0.0431 e. The number of unbranched alkanes of at least 4 members (excludes halogenated alkanes) is 2. The monoisotopic (exact) mass is 293 g/mol. The lowest BCUT2D eigenvalue weighted by Crippen LogP contribution is -2.15. The minimum absolute atomic E-state index is 0.300. The maximum absolute atomic E-state index is 8.82. The van der Waals surface area contributed by atoms with Crippen molar-refractivity contribution in [3.63, 3.8) is 0 Å². The fraction of sp³-hybridized carbons (Fsp3) is 0.300. The van der Waals surface area contributed by atoms with Crippen LogP contribution in [0.4, 0.5) is 0 Å². The third kappa shape index (κ3) is 3.29. The van der Waals surface area contributed by atoms with Gasteiger partial charge in [-0.15, -0.1) is 0 Å². The highest BCUT2D eigenvalue weighted by Crippen LogP contribution is 2.28. The van der Waals surface area contributed by atoms with Gasteiger partial charge in [-0.05, 0) is 59.0 Å². The fourth-order valence-electron chi connectivity index (χ4n) is 3.05. The maximum atomic E-state index is 8.82. The van der Waals surface area contributed by atoms with Gasteiger partial charge in [-0.25, -0.2) is 0 Å². The quantitative estimate of drug-likeness (QED) is 0.504. The molecule has 0 aliphatic carbocycles. The van der Waals surface area contributed by atoms with E-state index in [1.807, 2.05) is 0 Å². The molecule has 2 heteroatoms. The molecule has 0 bridgehead atoms. The second kappa shape index (κ2) is 7.39. The van der Waals surface area contributed by atoms with Crippen LogP contribution < -0.4 is 5.32 Å². The van der Waals surface area contributed by atoms with E-state index in [1.165, 1.54) is 27.1 Å². The smallest absolute Gasteiger partial charge is 0.0431 e. The lowest BCUT2D eigenvalue weighted by atomic mass is 9.97. The predicted octanol–water partition coefficient (Wildman–Crippen LogP) is 4.25. The number of aliphatic hydroxyl groups is 1. The molecule has 0 saturated carbocycles. The lowest BCUT2D eigenvalue weighted by molar-refractivity contribution is 0.283. The van der Waals surface area contributed by atoms with Crippen molar-refractivity contribution >= 4 is 21.5 Å². The molecular weight excluding hydrogens is 270 g/mol. The van der Waals surface area contributed by atoms with Crippen LogP contribution in [0.15, 0.2) is 54.6 Å². The number of fused-ring (bicyclic) bond motifs is 2. The molecule has 2 N–H and O–H groups in total. The highest BCUT2D eigenvalue weighted by Gasteiger charge is 2.06. The van der Waals surface area contributed by atoms with Crippen molar-refractivity contribution < 1.29 is 5.11 Å². The summed E-state index contributed by atoms with van der Waals surface area (Å²) < 4.78 is 0. The first-order chi connectivity index (χ1) is 10.9. The molecule has 0 aromatic heterocycles. The zero-order valence-corrected chi connectivity index (χ0v) is 12.9. The molecule has 0 fully saturated rings. The topological polar surface area (TPSA) is 32.3 Å². The third-order valence-electron chi connectivity index (χ3n) is 4.20. The van der Waals surface area contributed by atoms with Crippen molar-refractivity contribution in [1.82, 2.24) is 5.32 Å². The first-order valence-electron chi connectivity index (χ1n) is 8.11. The summed E-state index contributed by atoms with van der Waals surface area (Å²) in [6.45, 7) is 2.19. The van der Waals surface area contributed by atoms with Crippen molar-refractivity contribution in [2.45, 2.75) is 25.8 Å². The second-order valence-electron chi connectivity index (χ2n) is 5.76. The van der Waals surface area contributed by atoms with Crippen LogP contribution in [0, 0.1) is 0 Å². The molecule has 114 valence electrons. The Morgan fingerprint density at radius 3 is 2.05 bits per heavy atom. The van der Waals surface area contributed by atoms with Gasteiger partial charge in [0, 0.05) is 13.2 Å². The summed E-state index contributed by atoms with van der Waals surface area (Å²) in [4.78, 5) is 0. The molecule has 3 aromatic carbocycles. The molecule has 3 aromatic rings. The number of benzene rings is 3. The Hall–Kier alpha value is -1.90. The molecule has 0 aliphatic rings. The van der Waals surface area contributed by atoms with Gasteiger partial charge in [-0.1, -0.05) is 48.5 Å². The van der Waals surface area contributed by atoms with Crippen LogP contribution in [0.5, 0.6) is 0 Å². The van der Waals surface area contributed by atoms with E-state index in [0.717, 1.165) is 32.4 Å². The van der Waals surface area contributed by atoms with Gasteiger partial charge in [-0.2, -0.15) is 0 Å². The van der Waals surface area contributed by atoms with Gasteiger partial charge in [0.15, 0.2) is 0 Å². The minimum Gasteiger partial charge on any atom is -0.396 e. The van der Waals surface area contributed by atoms with Gasteiger partial charge in [0.25, 0.3) is 0 Å². The fourth-order valence-corrected chi connectivity index (χ4v) is 3.05. The lowest BCUT2D eigenvalue weighted by Gasteiger charge is -2.12. The number of hydrogen-bond donors (Lipinski definition) is 2. The molecule has 0 saturated heterocycles. The van der Waals surface area contributed by atoms with Crippen LogP contribution >= 0.6 is 0 Å². The summed E-state index contributed by atoms with van der Waals surface area (Å²) in [5.41, 5.74) is 1.39. The summed E-state index contributed by atoms with van der Waals surface area (Å²) in [5.74, 6) is 0. The van der Waals surface area contributed by atoms with Gasteiger partial charge in [0.1, 0.15) is 0 Å². The van der Waals surface area contributed by atoms with Gasteiger partial charge >= 0.3 is 0 Å². The van der Waals surface area contributed by atoms with E-state index in [4.69, 9.17) is 5.11 Å². The van der Waals surface area contributed by atoms with Crippen molar-refractivity contribution in [3.8, 4) is 0 Å². The van der Waals surface area contributed by atoms with E-state index < -0.39 is 0 Å². The first-order valence-corrected chi connectivity index (χ1v) is 8.11. The second-order valence-corrected chi connectivity index (χ2v) is 5.76. The van der Waals surface area contributed by atoms with Crippen molar-refractivity contribution in [3.05, 3.63) is 60.2 Å². The van der Waals surface area contributed by atoms with Gasteiger partial charge in [-0.3, -0.25) is 0 Å². The highest BCUT2D eigenvalue weighted by atomic mass is 16.2. The third-order valence-corrected chi connectivity index (χ3v) is 4.20. The van der Waals surface area contributed by atoms with Gasteiger partial charge < -0.3 is 10.4 Å². The van der Waals surface area contributed by atoms with Crippen molar-refractivity contribution in [1.29, 1.82) is 0 Å². The summed E-state index contributed by atoms with van der Waals surface area (Å²) >= 11 is 0. The summed E-state index contributed by atoms with van der Waals surface area (Å²) in [5, 5.41) is 17.7. The number of nitrogens with one attached hydrogen (secondary N) is 1. The first kappa shape index (κ1) is 15.0. The van der Waals surface area contributed by atoms with Crippen LogP contribution in [0.3, 0.4) is 0 Å². The van der Waals surface area contributed by atoms with Crippen LogP contribution in [0.1, 0.15) is 24.8 Å². The molecule has 22 heavy (non-hydrogen) atoms. The Labute approximate surface area is 131 Å². The normalized spacial score (nSPS) is 11.3. The molecule has 3 rings (SSSR count). The number of aliphatic hydroxyl groups excluding tert-OH is 1. The molecule has 0 heterocycles. The van der Waals surface area contributed by atoms with Gasteiger partial charge in [0.2, 0.25) is 0 Å². The van der Waals surface area contributed by atoms with E-state index >= 15 is 0 Å². The largest absolute Gasteiger partial charge is 0.396 e. The average molecular weight is 293 g/mol. The Kier molecular flexibility index (Phi) is 5.04.